The fourth-order valence-corrected chi connectivity index (χ4v) is 3.56. The molecule has 0 bridgehead atoms. The number of aromatic nitrogens is 3. The summed E-state index contributed by atoms with van der Waals surface area (Å²) in [5.41, 5.74) is 5.25. The summed E-state index contributed by atoms with van der Waals surface area (Å²) in [4.78, 5) is 30.3. The van der Waals surface area contributed by atoms with E-state index in [1.54, 1.807) is 0 Å². The predicted octanol–water partition coefficient (Wildman–Crippen LogP) is 4.61. The number of nitrogens with zero attached hydrogens (tertiary/aromatic N) is 4. The second kappa shape index (κ2) is 10.2. The van der Waals surface area contributed by atoms with Crippen LogP contribution in [0.15, 0.2) is 65.2 Å². The van der Waals surface area contributed by atoms with Crippen LogP contribution < -0.4 is 10.6 Å². The Balaban J connectivity index is 1.40. The molecule has 168 valence electrons. The quantitative estimate of drug-likeness (QED) is 0.531. The van der Waals surface area contributed by atoms with Gasteiger partial charge in [-0.25, -0.2) is 0 Å². The molecule has 3 aromatic rings. The van der Waals surface area contributed by atoms with Gasteiger partial charge in [-0.15, -0.1) is 0 Å². The van der Waals surface area contributed by atoms with Crippen LogP contribution in [0.2, 0.25) is 0 Å². The molecule has 1 aliphatic rings. The highest BCUT2D eigenvalue weighted by molar-refractivity contribution is 6.04. The molecule has 0 unspecified atom stereocenters. The topological polar surface area (TPSA) is 92.2 Å². The molecule has 2 heterocycles. The van der Waals surface area contributed by atoms with Crippen molar-refractivity contribution in [1.29, 1.82) is 0 Å². The average molecular weight is 441 g/mol. The van der Waals surface area contributed by atoms with Crippen molar-refractivity contribution in [2.75, 3.05) is 17.2 Å². The summed E-state index contributed by atoms with van der Waals surface area (Å²) in [6.45, 7) is 6.77. The zero-order valence-electron chi connectivity index (χ0n) is 19.2. The molecule has 2 N–H and O–H groups in total. The smallest absolute Gasteiger partial charge is 0.233 e. The molecule has 0 saturated heterocycles. The number of aryl methyl sites for hydroxylation is 2. The fourth-order valence-electron chi connectivity index (χ4n) is 3.56. The number of rotatable bonds is 8. The summed E-state index contributed by atoms with van der Waals surface area (Å²) in [5, 5.41) is 6.40. The SMILES string of the molecule is CCc1nc(NC2=NCC(C)=C2)nc(Nc2ccc(CC(=O)Cc3ccccc3C)cc2)n1. The van der Waals surface area contributed by atoms with Crippen LogP contribution in [0.1, 0.15) is 36.4 Å². The lowest BCUT2D eigenvalue weighted by Gasteiger charge is -2.10. The minimum atomic E-state index is 0.199. The second-order valence-corrected chi connectivity index (χ2v) is 8.21. The van der Waals surface area contributed by atoms with Gasteiger partial charge < -0.3 is 10.6 Å². The highest BCUT2D eigenvalue weighted by Crippen LogP contribution is 2.17. The van der Waals surface area contributed by atoms with Crippen LogP contribution in [0.3, 0.4) is 0 Å². The predicted molar refractivity (Wildman–Crippen MR) is 132 cm³/mol. The van der Waals surface area contributed by atoms with Crippen LogP contribution in [0.4, 0.5) is 17.6 Å². The van der Waals surface area contributed by atoms with Crippen molar-refractivity contribution in [2.24, 2.45) is 4.99 Å². The molecule has 1 aliphatic heterocycles. The van der Waals surface area contributed by atoms with Crippen molar-refractivity contribution in [3.63, 3.8) is 0 Å². The zero-order valence-corrected chi connectivity index (χ0v) is 19.2. The van der Waals surface area contributed by atoms with Crippen LogP contribution >= 0.6 is 0 Å². The Labute approximate surface area is 194 Å². The van der Waals surface area contributed by atoms with E-state index < -0.39 is 0 Å². The van der Waals surface area contributed by atoms with Crippen molar-refractivity contribution < 1.29 is 4.79 Å². The average Bonchev–Trinajstić information content (AvgIpc) is 3.21. The summed E-state index contributed by atoms with van der Waals surface area (Å²) in [6.07, 6.45) is 3.54. The summed E-state index contributed by atoms with van der Waals surface area (Å²) in [7, 11) is 0. The molecule has 0 atom stereocenters. The number of ketones is 1. The molecule has 0 amide bonds. The largest absolute Gasteiger partial charge is 0.324 e. The molecule has 33 heavy (non-hydrogen) atoms. The summed E-state index contributed by atoms with van der Waals surface area (Å²) >= 11 is 0. The fraction of sp³-hybridized carbons (Fsp3) is 0.269. The lowest BCUT2D eigenvalue weighted by atomic mass is 9.99. The zero-order chi connectivity index (χ0) is 23.2. The van der Waals surface area contributed by atoms with Crippen molar-refractivity contribution in [3.8, 4) is 0 Å². The maximum Gasteiger partial charge on any atom is 0.233 e. The molecule has 7 heteroatoms. The molecule has 0 radical (unpaired) electrons. The van der Waals surface area contributed by atoms with Crippen LogP contribution in [0.5, 0.6) is 0 Å². The minimum Gasteiger partial charge on any atom is -0.324 e. The van der Waals surface area contributed by atoms with Gasteiger partial charge in [0.1, 0.15) is 17.4 Å². The Kier molecular flexibility index (Phi) is 6.88. The van der Waals surface area contributed by atoms with E-state index in [4.69, 9.17) is 0 Å². The molecule has 7 nitrogen and oxygen atoms in total. The first-order valence-electron chi connectivity index (χ1n) is 11.1. The number of nitrogens with one attached hydrogen (secondary N) is 2. The second-order valence-electron chi connectivity index (χ2n) is 8.21. The van der Waals surface area contributed by atoms with E-state index in [-0.39, 0.29) is 5.78 Å². The van der Waals surface area contributed by atoms with Gasteiger partial charge in [0.2, 0.25) is 11.9 Å². The van der Waals surface area contributed by atoms with Crippen LogP contribution in [-0.2, 0) is 24.1 Å². The summed E-state index contributed by atoms with van der Waals surface area (Å²) < 4.78 is 0. The van der Waals surface area contributed by atoms with Crippen LogP contribution in [0.25, 0.3) is 0 Å². The van der Waals surface area contributed by atoms with E-state index in [9.17, 15) is 4.79 Å². The van der Waals surface area contributed by atoms with Crippen LogP contribution in [-0.4, -0.2) is 33.1 Å². The van der Waals surface area contributed by atoms with Crippen LogP contribution in [0, 0.1) is 6.92 Å². The molecule has 2 aromatic carbocycles. The van der Waals surface area contributed by atoms with E-state index in [2.05, 4.69) is 30.6 Å². The number of carbonyl (C=O) groups excluding carboxylic acids is 1. The molecule has 0 aliphatic carbocycles. The highest BCUT2D eigenvalue weighted by Gasteiger charge is 2.11. The van der Waals surface area contributed by atoms with E-state index in [0.717, 1.165) is 28.2 Å². The van der Waals surface area contributed by atoms with Gasteiger partial charge in [-0.2, -0.15) is 15.0 Å². The Morgan fingerprint density at radius 3 is 2.30 bits per heavy atom. The molecule has 0 spiro atoms. The Bertz CT molecular complexity index is 1210. The first kappa shape index (κ1) is 22.3. The van der Waals surface area contributed by atoms with Gasteiger partial charge in [-0.1, -0.05) is 43.3 Å². The normalized spacial score (nSPS) is 12.8. The number of carbonyl (C=O) groups is 1. The Morgan fingerprint density at radius 1 is 0.909 bits per heavy atom. The van der Waals surface area contributed by atoms with Gasteiger partial charge in [0.15, 0.2) is 0 Å². The number of hydrogen-bond donors (Lipinski definition) is 2. The lowest BCUT2D eigenvalue weighted by Crippen LogP contribution is -2.13. The minimum absolute atomic E-state index is 0.199. The Morgan fingerprint density at radius 2 is 1.64 bits per heavy atom. The molecule has 0 fully saturated rings. The van der Waals surface area contributed by atoms with E-state index in [0.29, 0.717) is 43.5 Å². The van der Waals surface area contributed by atoms with E-state index in [1.807, 2.05) is 75.4 Å². The van der Waals surface area contributed by atoms with Gasteiger partial charge in [0.05, 0.1) is 6.54 Å². The molecule has 0 saturated carbocycles. The highest BCUT2D eigenvalue weighted by atomic mass is 16.1. The van der Waals surface area contributed by atoms with E-state index in [1.165, 1.54) is 5.57 Å². The molecule has 4 rings (SSSR count). The van der Waals surface area contributed by atoms with Crippen molar-refractivity contribution in [2.45, 2.75) is 40.0 Å². The summed E-state index contributed by atoms with van der Waals surface area (Å²) in [6, 6.07) is 15.8. The molecule has 1 aromatic heterocycles. The number of anilines is 3. The number of hydrogen-bond acceptors (Lipinski definition) is 7. The van der Waals surface area contributed by atoms with Crippen molar-refractivity contribution >= 4 is 29.2 Å². The monoisotopic (exact) mass is 440 g/mol. The standard InChI is InChI=1S/C26H28N6O/c1-4-23-29-25(32-26(30-23)31-24-13-17(2)16-27-24)28-21-11-9-19(10-12-21)14-22(33)15-20-8-6-5-7-18(20)3/h5-13H,4,14-16H2,1-3H3,(H2,27,28,29,30,31,32). The first-order valence-corrected chi connectivity index (χ1v) is 11.1. The first-order chi connectivity index (χ1) is 16.0. The van der Waals surface area contributed by atoms with Gasteiger partial charge in [0.25, 0.3) is 0 Å². The van der Waals surface area contributed by atoms with Gasteiger partial charge in [-0.05, 0) is 54.3 Å². The maximum absolute atomic E-state index is 12.5. The molecular formula is C26H28N6O. The number of amidine groups is 1. The third kappa shape index (κ3) is 6.10. The van der Waals surface area contributed by atoms with Crippen molar-refractivity contribution in [3.05, 3.63) is 82.7 Å². The van der Waals surface area contributed by atoms with Crippen molar-refractivity contribution in [1.82, 2.24) is 15.0 Å². The molecular weight excluding hydrogens is 412 g/mol. The number of benzene rings is 2. The van der Waals surface area contributed by atoms with Gasteiger partial charge in [-0.3, -0.25) is 9.79 Å². The number of Topliss-reactive ketones (excluding diaryl/α,β-unsaturated/α-hetero) is 1. The van der Waals surface area contributed by atoms with E-state index >= 15 is 0 Å². The number of aliphatic imine (C=N–C) groups is 1. The third-order valence-electron chi connectivity index (χ3n) is 5.38. The lowest BCUT2D eigenvalue weighted by molar-refractivity contribution is -0.117. The van der Waals surface area contributed by atoms with Gasteiger partial charge >= 0.3 is 0 Å². The summed E-state index contributed by atoms with van der Waals surface area (Å²) in [5.74, 6) is 2.57. The maximum atomic E-state index is 12.5. The Hall–Kier alpha value is -3.87. The van der Waals surface area contributed by atoms with Gasteiger partial charge in [0, 0.05) is 24.9 Å². The third-order valence-corrected chi connectivity index (χ3v) is 5.38.